The summed E-state index contributed by atoms with van der Waals surface area (Å²) in [5.74, 6) is 0.902. The van der Waals surface area contributed by atoms with E-state index in [2.05, 4.69) is 12.2 Å². The fourth-order valence-corrected chi connectivity index (χ4v) is 4.27. The maximum atomic E-state index is 5.18. The molecule has 0 aliphatic heterocycles. The summed E-state index contributed by atoms with van der Waals surface area (Å²) in [5, 5.41) is 5.00. The van der Waals surface area contributed by atoms with Crippen molar-refractivity contribution in [1.29, 1.82) is 0 Å². The summed E-state index contributed by atoms with van der Waals surface area (Å²) in [5.41, 5.74) is 1.42. The number of hydrogen-bond acceptors (Lipinski definition) is 4. The standard InChI is InChI=1S/C15H24N2OS/c1-15(10-11-6-7-11,16-8-9-18-2)14-17-12-4-3-5-13(12)19-14/h11,16H,3-10H2,1-2H3. The summed E-state index contributed by atoms with van der Waals surface area (Å²) in [6.07, 6.45) is 7.74. The molecule has 1 unspecified atom stereocenters. The predicted molar refractivity (Wildman–Crippen MR) is 78.7 cm³/mol. The first-order chi connectivity index (χ1) is 9.21. The molecule has 4 heteroatoms. The summed E-state index contributed by atoms with van der Waals surface area (Å²) >= 11 is 1.94. The highest BCUT2D eigenvalue weighted by Gasteiger charge is 2.37. The molecule has 1 N–H and O–H groups in total. The van der Waals surface area contributed by atoms with Crippen LogP contribution in [0.5, 0.6) is 0 Å². The van der Waals surface area contributed by atoms with Gasteiger partial charge < -0.3 is 10.1 Å². The third kappa shape index (κ3) is 3.01. The molecule has 1 saturated carbocycles. The van der Waals surface area contributed by atoms with Crippen LogP contribution in [0, 0.1) is 5.92 Å². The molecule has 3 nitrogen and oxygen atoms in total. The van der Waals surface area contributed by atoms with E-state index in [0.29, 0.717) is 0 Å². The van der Waals surface area contributed by atoms with E-state index < -0.39 is 0 Å². The Labute approximate surface area is 119 Å². The molecule has 1 atom stereocenters. The molecule has 19 heavy (non-hydrogen) atoms. The molecule has 0 radical (unpaired) electrons. The smallest absolute Gasteiger partial charge is 0.113 e. The third-order valence-corrected chi connectivity index (χ3v) is 5.70. The van der Waals surface area contributed by atoms with Crippen molar-refractivity contribution in [3.63, 3.8) is 0 Å². The zero-order valence-electron chi connectivity index (χ0n) is 12.0. The molecule has 1 fully saturated rings. The molecule has 2 aliphatic carbocycles. The van der Waals surface area contributed by atoms with Gasteiger partial charge in [0, 0.05) is 18.5 Å². The Morgan fingerprint density at radius 1 is 1.42 bits per heavy atom. The molecular formula is C15H24N2OS. The van der Waals surface area contributed by atoms with Crippen molar-refractivity contribution in [3.05, 3.63) is 15.6 Å². The third-order valence-electron chi connectivity index (χ3n) is 4.28. The molecular weight excluding hydrogens is 256 g/mol. The van der Waals surface area contributed by atoms with E-state index >= 15 is 0 Å². The quantitative estimate of drug-likeness (QED) is 0.780. The molecule has 0 amide bonds. The first-order valence-corrected chi connectivity index (χ1v) is 8.26. The van der Waals surface area contributed by atoms with Crippen LogP contribution < -0.4 is 5.32 Å². The summed E-state index contributed by atoms with van der Waals surface area (Å²) in [6.45, 7) is 4.00. The van der Waals surface area contributed by atoms with Gasteiger partial charge in [0.15, 0.2) is 0 Å². The summed E-state index contributed by atoms with van der Waals surface area (Å²) < 4.78 is 5.18. The molecule has 0 saturated heterocycles. The number of rotatable bonds is 7. The van der Waals surface area contributed by atoms with Crippen molar-refractivity contribution in [3.8, 4) is 0 Å². The lowest BCUT2D eigenvalue weighted by Crippen LogP contribution is -2.41. The van der Waals surface area contributed by atoms with E-state index in [4.69, 9.17) is 9.72 Å². The first-order valence-electron chi connectivity index (χ1n) is 7.44. The Morgan fingerprint density at radius 3 is 2.95 bits per heavy atom. The van der Waals surface area contributed by atoms with Crippen molar-refractivity contribution in [2.24, 2.45) is 5.92 Å². The van der Waals surface area contributed by atoms with Crippen LogP contribution in [0.3, 0.4) is 0 Å². The van der Waals surface area contributed by atoms with E-state index in [1.807, 2.05) is 11.3 Å². The zero-order valence-corrected chi connectivity index (χ0v) is 12.8. The van der Waals surface area contributed by atoms with Crippen LogP contribution in [-0.2, 0) is 23.1 Å². The van der Waals surface area contributed by atoms with Gasteiger partial charge >= 0.3 is 0 Å². The normalized spacial score (nSPS) is 21.4. The summed E-state index contributed by atoms with van der Waals surface area (Å²) in [4.78, 5) is 6.47. The molecule has 0 spiro atoms. The minimum atomic E-state index is 0.0503. The van der Waals surface area contributed by atoms with E-state index in [1.165, 1.54) is 54.1 Å². The average Bonchev–Trinajstić information content (AvgIpc) is 2.90. The van der Waals surface area contributed by atoms with Crippen LogP contribution >= 0.6 is 11.3 Å². The number of aryl methyl sites for hydroxylation is 2. The topological polar surface area (TPSA) is 34.1 Å². The number of methoxy groups -OCH3 is 1. The van der Waals surface area contributed by atoms with Gasteiger partial charge in [0.25, 0.3) is 0 Å². The predicted octanol–water partition coefficient (Wildman–Crippen LogP) is 2.88. The van der Waals surface area contributed by atoms with Crippen molar-refractivity contribution in [2.75, 3.05) is 20.3 Å². The van der Waals surface area contributed by atoms with Gasteiger partial charge in [-0.15, -0.1) is 11.3 Å². The zero-order chi connectivity index (χ0) is 13.3. The van der Waals surface area contributed by atoms with Gasteiger partial charge in [-0.05, 0) is 38.5 Å². The Kier molecular flexibility index (Phi) is 3.92. The Hall–Kier alpha value is -0.450. The molecule has 106 valence electrons. The largest absolute Gasteiger partial charge is 0.383 e. The maximum absolute atomic E-state index is 5.18. The second kappa shape index (κ2) is 5.51. The Balaban J connectivity index is 1.75. The van der Waals surface area contributed by atoms with E-state index in [9.17, 15) is 0 Å². The lowest BCUT2D eigenvalue weighted by atomic mass is 9.95. The Bertz CT molecular complexity index is 420. The van der Waals surface area contributed by atoms with Crippen molar-refractivity contribution >= 4 is 11.3 Å². The second-order valence-corrected chi connectivity index (χ2v) is 7.23. The number of hydrogen-bond donors (Lipinski definition) is 1. The van der Waals surface area contributed by atoms with Crippen LogP contribution in [0.1, 0.15) is 48.2 Å². The minimum absolute atomic E-state index is 0.0503. The maximum Gasteiger partial charge on any atom is 0.113 e. The van der Waals surface area contributed by atoms with Crippen molar-refractivity contribution < 1.29 is 4.74 Å². The number of fused-ring (bicyclic) bond motifs is 1. The fourth-order valence-electron chi connectivity index (χ4n) is 2.99. The number of nitrogens with one attached hydrogen (secondary N) is 1. The average molecular weight is 280 g/mol. The highest BCUT2D eigenvalue weighted by molar-refractivity contribution is 7.12. The Morgan fingerprint density at radius 2 is 2.26 bits per heavy atom. The first kappa shape index (κ1) is 13.5. The van der Waals surface area contributed by atoms with Crippen LogP contribution in [0.15, 0.2) is 0 Å². The highest BCUT2D eigenvalue weighted by Crippen LogP contribution is 2.43. The lowest BCUT2D eigenvalue weighted by Gasteiger charge is -2.29. The SMILES string of the molecule is COCCNC(C)(CC1CC1)c1nc2c(s1)CCC2. The molecule has 1 aromatic rings. The molecule has 1 heterocycles. The summed E-state index contributed by atoms with van der Waals surface area (Å²) in [6, 6.07) is 0. The second-order valence-electron chi connectivity index (χ2n) is 6.14. The van der Waals surface area contributed by atoms with Gasteiger partial charge in [0.05, 0.1) is 17.8 Å². The number of aromatic nitrogens is 1. The van der Waals surface area contributed by atoms with Gasteiger partial charge in [-0.2, -0.15) is 0 Å². The minimum Gasteiger partial charge on any atom is -0.383 e. The summed E-state index contributed by atoms with van der Waals surface area (Å²) in [7, 11) is 1.76. The molecule has 2 aliphatic rings. The fraction of sp³-hybridized carbons (Fsp3) is 0.800. The van der Waals surface area contributed by atoms with Gasteiger partial charge in [-0.3, -0.25) is 0 Å². The van der Waals surface area contributed by atoms with E-state index in [0.717, 1.165) is 19.1 Å². The molecule has 1 aromatic heterocycles. The number of nitrogens with zero attached hydrogens (tertiary/aromatic N) is 1. The van der Waals surface area contributed by atoms with E-state index in [1.54, 1.807) is 7.11 Å². The monoisotopic (exact) mass is 280 g/mol. The number of ether oxygens (including phenoxy) is 1. The highest BCUT2D eigenvalue weighted by atomic mass is 32.1. The molecule has 3 rings (SSSR count). The van der Waals surface area contributed by atoms with Crippen molar-refractivity contribution in [1.82, 2.24) is 10.3 Å². The van der Waals surface area contributed by atoms with E-state index in [-0.39, 0.29) is 5.54 Å². The van der Waals surface area contributed by atoms with Crippen LogP contribution in [-0.4, -0.2) is 25.2 Å². The van der Waals surface area contributed by atoms with Crippen LogP contribution in [0.25, 0.3) is 0 Å². The van der Waals surface area contributed by atoms with Gasteiger partial charge in [-0.25, -0.2) is 4.98 Å². The molecule has 0 aromatic carbocycles. The van der Waals surface area contributed by atoms with Gasteiger partial charge in [0.2, 0.25) is 0 Å². The van der Waals surface area contributed by atoms with Crippen molar-refractivity contribution in [2.45, 2.75) is 51.0 Å². The van der Waals surface area contributed by atoms with Gasteiger partial charge in [-0.1, -0.05) is 12.8 Å². The molecule has 0 bridgehead atoms. The number of thiazole rings is 1. The van der Waals surface area contributed by atoms with Gasteiger partial charge in [0.1, 0.15) is 5.01 Å². The lowest BCUT2D eigenvalue weighted by molar-refractivity contribution is 0.182. The van der Waals surface area contributed by atoms with Crippen LogP contribution in [0.4, 0.5) is 0 Å². The van der Waals surface area contributed by atoms with Crippen LogP contribution in [0.2, 0.25) is 0 Å².